The van der Waals surface area contributed by atoms with Crippen LogP contribution in [0.15, 0.2) is 48.7 Å². The smallest absolute Gasteiger partial charge is 0.339 e. The van der Waals surface area contributed by atoms with Crippen LogP contribution in [0.2, 0.25) is 0 Å². The SMILES string of the molecule is COC(=O)c1ccc(C(=O)OC)c(N/C=C/C(=O)c2ccc(OC)c(OC)c2)c1. The minimum Gasteiger partial charge on any atom is -0.493 e. The quantitative estimate of drug-likeness (QED) is 0.411. The summed E-state index contributed by atoms with van der Waals surface area (Å²) in [5, 5.41) is 2.83. The van der Waals surface area contributed by atoms with Gasteiger partial charge in [-0.15, -0.1) is 0 Å². The Hall–Kier alpha value is -3.81. The van der Waals surface area contributed by atoms with Gasteiger partial charge in [0.2, 0.25) is 0 Å². The highest BCUT2D eigenvalue weighted by Crippen LogP contribution is 2.28. The Kier molecular flexibility index (Phi) is 7.36. The number of rotatable bonds is 8. The molecule has 29 heavy (non-hydrogen) atoms. The number of carbonyl (C=O) groups is 3. The van der Waals surface area contributed by atoms with Crippen LogP contribution >= 0.6 is 0 Å². The van der Waals surface area contributed by atoms with Gasteiger partial charge in [0, 0.05) is 17.8 Å². The fraction of sp³-hybridized carbons (Fsp3) is 0.190. The van der Waals surface area contributed by atoms with E-state index in [-0.39, 0.29) is 22.6 Å². The van der Waals surface area contributed by atoms with Crippen molar-refractivity contribution in [2.24, 2.45) is 0 Å². The van der Waals surface area contributed by atoms with Gasteiger partial charge in [-0.1, -0.05) is 0 Å². The fourth-order valence-electron chi connectivity index (χ4n) is 2.49. The van der Waals surface area contributed by atoms with Crippen molar-refractivity contribution in [3.63, 3.8) is 0 Å². The first-order valence-electron chi connectivity index (χ1n) is 8.45. The van der Waals surface area contributed by atoms with Crippen LogP contribution in [-0.2, 0) is 9.47 Å². The summed E-state index contributed by atoms with van der Waals surface area (Å²) in [6.45, 7) is 0. The van der Waals surface area contributed by atoms with Gasteiger partial charge in [0.25, 0.3) is 0 Å². The lowest BCUT2D eigenvalue weighted by Gasteiger charge is -2.10. The minimum atomic E-state index is -0.594. The average Bonchev–Trinajstić information content (AvgIpc) is 2.77. The van der Waals surface area contributed by atoms with E-state index in [1.165, 1.54) is 58.9 Å². The molecule has 0 aromatic heterocycles. The molecule has 8 nitrogen and oxygen atoms in total. The molecule has 0 unspecified atom stereocenters. The molecule has 0 heterocycles. The summed E-state index contributed by atoms with van der Waals surface area (Å²) < 4.78 is 19.8. The van der Waals surface area contributed by atoms with E-state index in [4.69, 9.17) is 14.2 Å². The van der Waals surface area contributed by atoms with Crippen LogP contribution in [0.1, 0.15) is 31.1 Å². The summed E-state index contributed by atoms with van der Waals surface area (Å²) in [5.74, 6) is -0.521. The molecule has 2 aromatic rings. The molecular formula is C21H21NO7. The Morgan fingerprint density at radius 3 is 2.07 bits per heavy atom. The molecule has 152 valence electrons. The zero-order chi connectivity index (χ0) is 21.4. The maximum absolute atomic E-state index is 12.4. The molecule has 0 fully saturated rings. The van der Waals surface area contributed by atoms with Gasteiger partial charge >= 0.3 is 11.9 Å². The van der Waals surface area contributed by atoms with E-state index in [1.54, 1.807) is 18.2 Å². The molecule has 0 aliphatic carbocycles. The number of benzene rings is 2. The molecule has 0 spiro atoms. The van der Waals surface area contributed by atoms with E-state index >= 15 is 0 Å². The number of ether oxygens (including phenoxy) is 4. The molecule has 8 heteroatoms. The van der Waals surface area contributed by atoms with E-state index in [2.05, 4.69) is 10.1 Å². The van der Waals surface area contributed by atoms with Crippen LogP contribution in [0.25, 0.3) is 0 Å². The predicted octanol–water partition coefficient (Wildman–Crippen LogP) is 3.09. The minimum absolute atomic E-state index is 0.198. The van der Waals surface area contributed by atoms with E-state index in [0.717, 1.165) is 0 Å². The van der Waals surface area contributed by atoms with E-state index in [1.807, 2.05) is 0 Å². The van der Waals surface area contributed by atoms with E-state index in [0.29, 0.717) is 17.1 Å². The Balaban J connectivity index is 2.25. The number of carbonyl (C=O) groups excluding carboxylic acids is 3. The summed E-state index contributed by atoms with van der Waals surface area (Å²) in [6.07, 6.45) is 2.65. The Bertz CT molecular complexity index is 950. The van der Waals surface area contributed by atoms with E-state index < -0.39 is 11.9 Å². The Labute approximate surface area is 168 Å². The first-order chi connectivity index (χ1) is 13.9. The second-order valence-electron chi connectivity index (χ2n) is 5.66. The summed E-state index contributed by atoms with van der Waals surface area (Å²) in [4.78, 5) is 36.1. The van der Waals surface area contributed by atoms with Gasteiger partial charge in [0.05, 0.1) is 45.3 Å². The van der Waals surface area contributed by atoms with Gasteiger partial charge in [-0.25, -0.2) is 9.59 Å². The van der Waals surface area contributed by atoms with Crippen molar-refractivity contribution in [3.05, 3.63) is 65.4 Å². The van der Waals surface area contributed by atoms with Crippen LogP contribution in [0.5, 0.6) is 11.5 Å². The molecule has 0 amide bonds. The third-order valence-electron chi connectivity index (χ3n) is 3.99. The number of methoxy groups -OCH3 is 4. The van der Waals surface area contributed by atoms with Crippen molar-refractivity contribution < 1.29 is 33.3 Å². The standard InChI is InChI=1S/C21H21NO7/c1-26-18-8-6-13(12-19(18)27-2)17(23)9-10-22-16-11-14(20(24)28-3)5-7-15(16)21(25)29-4/h5-12,22H,1-4H3/b10-9+. The first-order valence-corrected chi connectivity index (χ1v) is 8.45. The maximum atomic E-state index is 12.4. The van der Waals surface area contributed by atoms with Crippen molar-refractivity contribution in [1.82, 2.24) is 0 Å². The highest BCUT2D eigenvalue weighted by Gasteiger charge is 2.15. The van der Waals surface area contributed by atoms with Crippen LogP contribution in [-0.4, -0.2) is 46.2 Å². The molecule has 0 saturated heterocycles. The number of ketones is 1. The van der Waals surface area contributed by atoms with Gasteiger partial charge < -0.3 is 24.3 Å². The molecule has 2 aromatic carbocycles. The number of hydrogen-bond acceptors (Lipinski definition) is 8. The van der Waals surface area contributed by atoms with Crippen molar-refractivity contribution in [3.8, 4) is 11.5 Å². The lowest BCUT2D eigenvalue weighted by atomic mass is 10.1. The summed E-state index contributed by atoms with van der Waals surface area (Å²) in [7, 11) is 5.48. The molecule has 0 aliphatic heterocycles. The summed E-state index contributed by atoms with van der Waals surface area (Å²) in [6, 6.07) is 9.10. The van der Waals surface area contributed by atoms with Gasteiger partial charge in [0.1, 0.15) is 0 Å². The van der Waals surface area contributed by atoms with Crippen molar-refractivity contribution in [2.75, 3.05) is 33.8 Å². The highest BCUT2D eigenvalue weighted by atomic mass is 16.5. The van der Waals surface area contributed by atoms with Gasteiger partial charge in [-0.3, -0.25) is 4.79 Å². The zero-order valence-electron chi connectivity index (χ0n) is 16.5. The van der Waals surface area contributed by atoms with Gasteiger partial charge in [-0.05, 0) is 36.4 Å². The molecular weight excluding hydrogens is 378 g/mol. The second kappa shape index (κ2) is 9.93. The van der Waals surface area contributed by atoms with Crippen LogP contribution in [0.4, 0.5) is 5.69 Å². The van der Waals surface area contributed by atoms with Crippen molar-refractivity contribution >= 4 is 23.4 Å². The third kappa shape index (κ3) is 5.13. The lowest BCUT2D eigenvalue weighted by molar-refractivity contribution is 0.0587. The summed E-state index contributed by atoms with van der Waals surface area (Å²) >= 11 is 0. The Morgan fingerprint density at radius 2 is 1.45 bits per heavy atom. The molecule has 0 aliphatic rings. The molecule has 2 rings (SSSR count). The molecule has 0 bridgehead atoms. The largest absolute Gasteiger partial charge is 0.493 e. The molecule has 0 saturated carbocycles. The average molecular weight is 399 g/mol. The number of anilines is 1. The van der Waals surface area contributed by atoms with Crippen molar-refractivity contribution in [2.45, 2.75) is 0 Å². The number of nitrogens with one attached hydrogen (secondary N) is 1. The monoisotopic (exact) mass is 399 g/mol. The maximum Gasteiger partial charge on any atom is 0.339 e. The lowest BCUT2D eigenvalue weighted by Crippen LogP contribution is -2.08. The van der Waals surface area contributed by atoms with Crippen LogP contribution < -0.4 is 14.8 Å². The molecule has 0 atom stereocenters. The number of hydrogen-bond donors (Lipinski definition) is 1. The third-order valence-corrected chi connectivity index (χ3v) is 3.99. The normalized spacial score (nSPS) is 10.3. The topological polar surface area (TPSA) is 100 Å². The van der Waals surface area contributed by atoms with Gasteiger partial charge in [-0.2, -0.15) is 0 Å². The zero-order valence-corrected chi connectivity index (χ0v) is 16.5. The number of esters is 2. The molecule has 0 radical (unpaired) electrons. The molecule has 1 N–H and O–H groups in total. The predicted molar refractivity (Wildman–Crippen MR) is 106 cm³/mol. The number of allylic oxidation sites excluding steroid dienone is 1. The van der Waals surface area contributed by atoms with Crippen LogP contribution in [0.3, 0.4) is 0 Å². The van der Waals surface area contributed by atoms with Crippen molar-refractivity contribution in [1.29, 1.82) is 0 Å². The first kappa shape index (κ1) is 21.5. The highest BCUT2D eigenvalue weighted by molar-refractivity contribution is 6.05. The van der Waals surface area contributed by atoms with E-state index in [9.17, 15) is 14.4 Å². The second-order valence-corrected chi connectivity index (χ2v) is 5.66. The van der Waals surface area contributed by atoms with Gasteiger partial charge in [0.15, 0.2) is 17.3 Å². The Morgan fingerprint density at radius 1 is 0.793 bits per heavy atom. The summed E-state index contributed by atoms with van der Waals surface area (Å²) in [5.41, 5.74) is 1.11. The van der Waals surface area contributed by atoms with Crippen LogP contribution in [0, 0.1) is 0 Å². The fourth-order valence-corrected chi connectivity index (χ4v) is 2.49.